The van der Waals surface area contributed by atoms with Gasteiger partial charge in [-0.2, -0.15) is 10.2 Å². The fourth-order valence-corrected chi connectivity index (χ4v) is 3.27. The molecule has 5 nitrogen and oxygen atoms in total. The summed E-state index contributed by atoms with van der Waals surface area (Å²) in [6.45, 7) is 0.557. The first-order chi connectivity index (χ1) is 11.2. The molecule has 0 saturated carbocycles. The fraction of sp³-hybridized carbons (Fsp3) is 0.500. The molecular formula is C18H22N4O. The Kier molecular flexibility index (Phi) is 4.44. The number of rotatable bonds is 6. The average Bonchev–Trinajstić information content (AvgIpc) is 3.33. The molecule has 5 heteroatoms. The number of nitrogens with one attached hydrogen (secondary N) is 1. The number of nitrogens with two attached hydrogens (primary N) is 1. The van der Waals surface area contributed by atoms with Gasteiger partial charge >= 0.3 is 0 Å². The fourth-order valence-electron chi connectivity index (χ4n) is 3.27. The SMILES string of the molecule is C#CCCC1(CCNC(=O)[C@@H]2CCc3ccccc3[C@@H]2N)N=N1. The lowest BCUT2D eigenvalue weighted by Crippen LogP contribution is -2.40. The minimum absolute atomic E-state index is 0.0275. The molecule has 3 N–H and O–H groups in total. The van der Waals surface area contributed by atoms with Gasteiger partial charge < -0.3 is 11.1 Å². The van der Waals surface area contributed by atoms with E-state index >= 15 is 0 Å². The van der Waals surface area contributed by atoms with Gasteiger partial charge in [0.2, 0.25) is 5.91 Å². The Bertz CT molecular complexity index is 655. The third-order valence-corrected chi connectivity index (χ3v) is 4.79. The largest absolute Gasteiger partial charge is 0.356 e. The highest BCUT2D eigenvalue weighted by Crippen LogP contribution is 2.36. The zero-order valence-corrected chi connectivity index (χ0v) is 13.2. The number of carbonyl (C=O) groups excluding carboxylic acids is 1. The molecule has 0 aromatic heterocycles. The van der Waals surface area contributed by atoms with E-state index in [-0.39, 0.29) is 23.5 Å². The second-order valence-corrected chi connectivity index (χ2v) is 6.30. The van der Waals surface area contributed by atoms with Gasteiger partial charge in [-0.1, -0.05) is 24.3 Å². The first kappa shape index (κ1) is 15.7. The Labute approximate surface area is 136 Å². The summed E-state index contributed by atoms with van der Waals surface area (Å²) >= 11 is 0. The quantitative estimate of drug-likeness (QED) is 0.791. The van der Waals surface area contributed by atoms with E-state index in [0.29, 0.717) is 19.4 Å². The number of amides is 1. The Morgan fingerprint density at radius 3 is 2.91 bits per heavy atom. The van der Waals surface area contributed by atoms with Crippen LogP contribution in [0.4, 0.5) is 0 Å². The van der Waals surface area contributed by atoms with Gasteiger partial charge in [0.25, 0.3) is 0 Å². The highest BCUT2D eigenvalue weighted by Gasteiger charge is 2.39. The summed E-state index contributed by atoms with van der Waals surface area (Å²) in [6.07, 6.45) is 9.09. The summed E-state index contributed by atoms with van der Waals surface area (Å²) in [5, 5.41) is 11.2. The second-order valence-electron chi connectivity index (χ2n) is 6.30. The van der Waals surface area contributed by atoms with Crippen LogP contribution in [0, 0.1) is 18.3 Å². The summed E-state index contributed by atoms with van der Waals surface area (Å²) in [7, 11) is 0. The molecule has 0 unspecified atom stereocenters. The molecule has 0 fully saturated rings. The first-order valence-electron chi connectivity index (χ1n) is 8.14. The summed E-state index contributed by atoms with van der Waals surface area (Å²) < 4.78 is 0. The predicted molar refractivity (Wildman–Crippen MR) is 88.5 cm³/mol. The van der Waals surface area contributed by atoms with Crippen LogP contribution in [-0.2, 0) is 11.2 Å². The maximum Gasteiger partial charge on any atom is 0.225 e. The van der Waals surface area contributed by atoms with Gasteiger partial charge in [-0.15, -0.1) is 12.3 Å². The van der Waals surface area contributed by atoms with E-state index < -0.39 is 0 Å². The van der Waals surface area contributed by atoms with Crippen molar-refractivity contribution < 1.29 is 4.79 Å². The van der Waals surface area contributed by atoms with Crippen LogP contribution in [-0.4, -0.2) is 18.1 Å². The lowest BCUT2D eigenvalue weighted by molar-refractivity contribution is -0.126. The second kappa shape index (κ2) is 6.51. The zero-order chi connectivity index (χ0) is 16.3. The highest BCUT2D eigenvalue weighted by atomic mass is 16.1. The standard InChI is InChI=1S/C18H22N4O/c1-2-3-10-18(21-22-18)11-12-20-17(23)15-9-8-13-6-4-5-7-14(13)16(15)19/h1,4-7,15-16H,3,8-12,19H2,(H,20,23)/t15-,16+/m1/s1. The monoisotopic (exact) mass is 310 g/mol. The van der Waals surface area contributed by atoms with E-state index in [4.69, 9.17) is 12.2 Å². The predicted octanol–water partition coefficient (Wildman–Crippen LogP) is 2.33. The summed E-state index contributed by atoms with van der Waals surface area (Å²) in [5.41, 5.74) is 8.31. The minimum Gasteiger partial charge on any atom is -0.356 e. The van der Waals surface area contributed by atoms with E-state index in [0.717, 1.165) is 24.8 Å². The lowest BCUT2D eigenvalue weighted by Gasteiger charge is -2.30. The van der Waals surface area contributed by atoms with Crippen LogP contribution in [0.5, 0.6) is 0 Å². The van der Waals surface area contributed by atoms with Crippen LogP contribution in [0.2, 0.25) is 0 Å². The molecule has 1 aliphatic heterocycles. The van der Waals surface area contributed by atoms with Crippen molar-refractivity contribution in [1.82, 2.24) is 5.32 Å². The van der Waals surface area contributed by atoms with E-state index in [2.05, 4.69) is 27.5 Å². The Morgan fingerprint density at radius 2 is 2.17 bits per heavy atom. The summed E-state index contributed by atoms with van der Waals surface area (Å²) in [5.74, 6) is 2.47. The number of hydrogen-bond donors (Lipinski definition) is 2. The molecule has 120 valence electrons. The van der Waals surface area contributed by atoms with Gasteiger partial charge in [0.15, 0.2) is 5.66 Å². The third-order valence-electron chi connectivity index (χ3n) is 4.79. The maximum absolute atomic E-state index is 12.5. The van der Waals surface area contributed by atoms with Crippen molar-refractivity contribution in [3.63, 3.8) is 0 Å². The van der Waals surface area contributed by atoms with Crippen LogP contribution < -0.4 is 11.1 Å². The smallest absolute Gasteiger partial charge is 0.225 e. The number of benzene rings is 1. The normalized spacial score (nSPS) is 23.7. The lowest BCUT2D eigenvalue weighted by atomic mass is 9.79. The van der Waals surface area contributed by atoms with Crippen LogP contribution in [0.25, 0.3) is 0 Å². The van der Waals surface area contributed by atoms with Crippen molar-refractivity contribution >= 4 is 5.91 Å². The molecule has 2 atom stereocenters. The molecular weight excluding hydrogens is 288 g/mol. The maximum atomic E-state index is 12.5. The zero-order valence-electron chi connectivity index (χ0n) is 13.2. The van der Waals surface area contributed by atoms with Gasteiger partial charge in [-0.05, 0) is 24.0 Å². The Balaban J connectivity index is 1.51. The van der Waals surface area contributed by atoms with E-state index in [1.54, 1.807) is 0 Å². The van der Waals surface area contributed by atoms with Crippen LogP contribution in [0.1, 0.15) is 42.9 Å². The summed E-state index contributed by atoms with van der Waals surface area (Å²) in [6, 6.07) is 7.88. The number of terminal acetylenes is 1. The van der Waals surface area contributed by atoms with E-state index in [1.807, 2.05) is 18.2 Å². The topological polar surface area (TPSA) is 79.8 Å². The first-order valence-corrected chi connectivity index (χ1v) is 8.14. The van der Waals surface area contributed by atoms with Crippen molar-refractivity contribution in [2.45, 2.75) is 43.8 Å². The average molecular weight is 310 g/mol. The minimum atomic E-state index is -0.346. The van der Waals surface area contributed by atoms with Crippen molar-refractivity contribution in [3.8, 4) is 12.3 Å². The van der Waals surface area contributed by atoms with Gasteiger partial charge in [0.1, 0.15) is 0 Å². The molecule has 1 aromatic carbocycles. The van der Waals surface area contributed by atoms with Crippen molar-refractivity contribution in [3.05, 3.63) is 35.4 Å². The number of nitrogens with zero attached hydrogens (tertiary/aromatic N) is 2. The molecule has 3 rings (SSSR count). The van der Waals surface area contributed by atoms with Gasteiger partial charge in [0.05, 0.1) is 5.92 Å². The van der Waals surface area contributed by atoms with Crippen molar-refractivity contribution in [1.29, 1.82) is 0 Å². The molecule has 0 bridgehead atoms. The van der Waals surface area contributed by atoms with E-state index in [9.17, 15) is 4.79 Å². The van der Waals surface area contributed by atoms with Crippen LogP contribution >= 0.6 is 0 Å². The number of hydrogen-bond acceptors (Lipinski definition) is 4. The van der Waals surface area contributed by atoms with Crippen molar-refractivity contribution in [2.75, 3.05) is 6.54 Å². The molecule has 1 aromatic rings. The molecule has 23 heavy (non-hydrogen) atoms. The third kappa shape index (κ3) is 3.43. The molecule has 1 heterocycles. The van der Waals surface area contributed by atoms with Crippen LogP contribution in [0.15, 0.2) is 34.5 Å². The molecule has 1 aliphatic carbocycles. The number of carbonyl (C=O) groups is 1. The number of fused-ring (bicyclic) bond motifs is 1. The molecule has 1 amide bonds. The van der Waals surface area contributed by atoms with Crippen LogP contribution in [0.3, 0.4) is 0 Å². The highest BCUT2D eigenvalue weighted by molar-refractivity contribution is 5.80. The Morgan fingerprint density at radius 1 is 1.39 bits per heavy atom. The van der Waals surface area contributed by atoms with E-state index in [1.165, 1.54) is 5.56 Å². The van der Waals surface area contributed by atoms with Gasteiger partial charge in [0, 0.05) is 31.8 Å². The number of aryl methyl sites for hydroxylation is 1. The molecule has 0 spiro atoms. The van der Waals surface area contributed by atoms with Gasteiger partial charge in [-0.25, -0.2) is 0 Å². The molecule has 0 saturated heterocycles. The summed E-state index contributed by atoms with van der Waals surface area (Å²) in [4.78, 5) is 12.5. The van der Waals surface area contributed by atoms with Crippen molar-refractivity contribution in [2.24, 2.45) is 21.9 Å². The molecule has 2 aliphatic rings. The van der Waals surface area contributed by atoms with Gasteiger partial charge in [-0.3, -0.25) is 4.79 Å². The Hall–Kier alpha value is -2.19. The molecule has 0 radical (unpaired) electrons.